The zero-order chi connectivity index (χ0) is 11.8. The molecular formula is C14H18N2O. The molecule has 1 aromatic rings. The minimum atomic E-state index is 0.732. The van der Waals surface area contributed by atoms with Gasteiger partial charge in [-0.1, -0.05) is 24.3 Å². The summed E-state index contributed by atoms with van der Waals surface area (Å²) in [5.74, 6) is 0. The van der Waals surface area contributed by atoms with Crippen LogP contribution < -0.4 is 0 Å². The molecule has 0 N–H and O–H groups in total. The second-order valence-electron chi connectivity index (χ2n) is 5.27. The zero-order valence-electron chi connectivity index (χ0n) is 10.2. The molecule has 0 saturated carbocycles. The fourth-order valence-electron chi connectivity index (χ4n) is 3.08. The van der Waals surface area contributed by atoms with Crippen LogP contribution in [0.4, 0.5) is 0 Å². The van der Waals surface area contributed by atoms with E-state index < -0.39 is 0 Å². The van der Waals surface area contributed by atoms with Crippen LogP contribution in [-0.4, -0.2) is 48.3 Å². The monoisotopic (exact) mass is 230 g/mol. The number of nitrogens with zero attached hydrogens (tertiary/aromatic N) is 2. The van der Waals surface area contributed by atoms with Gasteiger partial charge in [0.05, 0.1) is 0 Å². The van der Waals surface area contributed by atoms with E-state index in [0.29, 0.717) is 0 Å². The van der Waals surface area contributed by atoms with E-state index in [1.807, 2.05) is 12.1 Å². The Morgan fingerprint density at radius 1 is 1.24 bits per heavy atom. The van der Waals surface area contributed by atoms with Crippen LogP contribution >= 0.6 is 0 Å². The summed E-state index contributed by atoms with van der Waals surface area (Å²) in [6, 6.07) is 9.44. The number of likely N-dealkylation sites (tertiary alicyclic amines) is 2. The molecule has 0 radical (unpaired) electrons. The largest absolute Gasteiger partial charge is 0.301 e. The lowest BCUT2D eigenvalue weighted by Gasteiger charge is -2.31. The van der Waals surface area contributed by atoms with Crippen LogP contribution in [0.25, 0.3) is 0 Å². The topological polar surface area (TPSA) is 23.6 Å². The van der Waals surface area contributed by atoms with E-state index >= 15 is 0 Å². The molecule has 2 saturated heterocycles. The highest BCUT2D eigenvalue weighted by Crippen LogP contribution is 2.30. The number of piperazine rings is 1. The summed E-state index contributed by atoms with van der Waals surface area (Å²) in [5, 5.41) is 0. The number of aldehydes is 1. The van der Waals surface area contributed by atoms with Gasteiger partial charge in [-0.3, -0.25) is 9.69 Å². The fraction of sp³-hybridized carbons (Fsp3) is 0.500. The number of likely N-dealkylation sites (N-methyl/N-ethyl adjacent to an activating group) is 1. The summed E-state index contributed by atoms with van der Waals surface area (Å²) in [5.41, 5.74) is 2.07. The molecule has 90 valence electrons. The third-order valence-electron chi connectivity index (χ3n) is 4.13. The summed E-state index contributed by atoms with van der Waals surface area (Å²) in [4.78, 5) is 15.6. The highest BCUT2D eigenvalue weighted by Gasteiger charge is 2.40. The Morgan fingerprint density at radius 3 is 2.53 bits per heavy atom. The van der Waals surface area contributed by atoms with Crippen LogP contribution in [0.3, 0.4) is 0 Å². The molecule has 17 heavy (non-hydrogen) atoms. The highest BCUT2D eigenvalue weighted by molar-refractivity contribution is 5.74. The molecule has 2 fully saturated rings. The predicted octanol–water partition coefficient (Wildman–Crippen LogP) is 1.39. The molecule has 3 heteroatoms. The van der Waals surface area contributed by atoms with Crippen molar-refractivity contribution in [3.63, 3.8) is 0 Å². The molecule has 2 bridgehead atoms. The number of benzene rings is 1. The molecule has 3 rings (SSSR count). The maximum atomic E-state index is 10.6. The molecule has 0 aromatic heterocycles. The lowest BCUT2D eigenvalue weighted by molar-refractivity contribution is 0.112. The van der Waals surface area contributed by atoms with Gasteiger partial charge < -0.3 is 4.90 Å². The van der Waals surface area contributed by atoms with Gasteiger partial charge in [0.15, 0.2) is 0 Å². The number of carbonyl (C=O) groups is 1. The lowest BCUT2D eigenvalue weighted by Crippen LogP contribution is -2.43. The Hall–Kier alpha value is -1.19. The van der Waals surface area contributed by atoms with Gasteiger partial charge in [0.25, 0.3) is 0 Å². The molecule has 0 amide bonds. The molecule has 3 nitrogen and oxygen atoms in total. The SMILES string of the molecule is CN1CC2CC1CN2Cc1ccc(C=O)cc1. The lowest BCUT2D eigenvalue weighted by atomic mass is 10.1. The van der Waals surface area contributed by atoms with E-state index in [1.165, 1.54) is 25.1 Å². The first-order chi connectivity index (χ1) is 8.26. The van der Waals surface area contributed by atoms with E-state index in [1.54, 1.807) is 0 Å². The van der Waals surface area contributed by atoms with Crippen LogP contribution in [-0.2, 0) is 6.54 Å². The van der Waals surface area contributed by atoms with Crippen molar-refractivity contribution in [1.82, 2.24) is 9.80 Å². The van der Waals surface area contributed by atoms with Gasteiger partial charge in [0.1, 0.15) is 6.29 Å². The Kier molecular flexibility index (Phi) is 2.73. The molecule has 2 atom stereocenters. The molecule has 2 unspecified atom stereocenters. The van der Waals surface area contributed by atoms with E-state index in [4.69, 9.17) is 0 Å². The average molecular weight is 230 g/mol. The fourth-order valence-corrected chi connectivity index (χ4v) is 3.08. The standard InChI is InChI=1S/C14H18N2O/c1-15-8-14-6-13(15)9-16(14)7-11-2-4-12(10-17)5-3-11/h2-5,10,13-14H,6-9H2,1H3. The Labute approximate surface area is 102 Å². The Balaban J connectivity index is 1.66. The molecular weight excluding hydrogens is 212 g/mol. The minimum Gasteiger partial charge on any atom is -0.301 e. The zero-order valence-corrected chi connectivity index (χ0v) is 10.2. The molecule has 0 aliphatic carbocycles. The number of fused-ring (bicyclic) bond motifs is 2. The molecule has 0 spiro atoms. The second-order valence-corrected chi connectivity index (χ2v) is 5.27. The maximum Gasteiger partial charge on any atom is 0.150 e. The van der Waals surface area contributed by atoms with Crippen LogP contribution in [0.15, 0.2) is 24.3 Å². The number of carbonyl (C=O) groups excluding carboxylic acids is 1. The minimum absolute atomic E-state index is 0.732. The molecule has 1 aromatic carbocycles. The van der Waals surface area contributed by atoms with Gasteiger partial charge in [-0.15, -0.1) is 0 Å². The number of rotatable bonds is 3. The Morgan fingerprint density at radius 2 is 2.00 bits per heavy atom. The van der Waals surface area contributed by atoms with Gasteiger partial charge in [-0.25, -0.2) is 0 Å². The van der Waals surface area contributed by atoms with Gasteiger partial charge in [0.2, 0.25) is 0 Å². The van der Waals surface area contributed by atoms with E-state index in [-0.39, 0.29) is 0 Å². The van der Waals surface area contributed by atoms with Crippen molar-refractivity contribution >= 4 is 6.29 Å². The van der Waals surface area contributed by atoms with Gasteiger partial charge in [-0.2, -0.15) is 0 Å². The second kappa shape index (κ2) is 4.24. The maximum absolute atomic E-state index is 10.6. The van der Waals surface area contributed by atoms with Crippen molar-refractivity contribution in [2.24, 2.45) is 0 Å². The number of hydrogen-bond acceptors (Lipinski definition) is 3. The molecule has 2 aliphatic rings. The van der Waals surface area contributed by atoms with Crippen molar-refractivity contribution in [2.75, 3.05) is 20.1 Å². The summed E-state index contributed by atoms with van der Waals surface area (Å²) in [6.45, 7) is 3.42. The average Bonchev–Trinajstić information content (AvgIpc) is 2.89. The van der Waals surface area contributed by atoms with Crippen LogP contribution in [0, 0.1) is 0 Å². The summed E-state index contributed by atoms with van der Waals surface area (Å²) < 4.78 is 0. The van der Waals surface area contributed by atoms with Crippen molar-refractivity contribution in [3.05, 3.63) is 35.4 Å². The summed E-state index contributed by atoms with van der Waals surface area (Å²) in [7, 11) is 2.22. The van der Waals surface area contributed by atoms with E-state index in [0.717, 1.165) is 30.5 Å². The third kappa shape index (κ3) is 2.01. The van der Waals surface area contributed by atoms with Gasteiger partial charge in [0, 0.05) is 37.3 Å². The predicted molar refractivity (Wildman–Crippen MR) is 67.1 cm³/mol. The van der Waals surface area contributed by atoms with Gasteiger partial charge >= 0.3 is 0 Å². The van der Waals surface area contributed by atoms with Crippen molar-refractivity contribution < 1.29 is 4.79 Å². The van der Waals surface area contributed by atoms with Crippen molar-refractivity contribution in [2.45, 2.75) is 25.0 Å². The van der Waals surface area contributed by atoms with E-state index in [9.17, 15) is 4.79 Å². The number of hydrogen-bond donors (Lipinski definition) is 0. The smallest absolute Gasteiger partial charge is 0.150 e. The normalized spacial score (nSPS) is 28.8. The Bertz CT molecular complexity index is 413. The summed E-state index contributed by atoms with van der Waals surface area (Å²) in [6.07, 6.45) is 2.22. The first kappa shape index (κ1) is 10.9. The third-order valence-corrected chi connectivity index (χ3v) is 4.13. The summed E-state index contributed by atoms with van der Waals surface area (Å²) >= 11 is 0. The first-order valence-electron chi connectivity index (χ1n) is 6.24. The molecule has 2 heterocycles. The van der Waals surface area contributed by atoms with Gasteiger partial charge in [-0.05, 0) is 19.0 Å². The van der Waals surface area contributed by atoms with Crippen molar-refractivity contribution in [1.29, 1.82) is 0 Å². The van der Waals surface area contributed by atoms with Crippen LogP contribution in [0.1, 0.15) is 22.3 Å². The first-order valence-corrected chi connectivity index (χ1v) is 6.24. The quantitative estimate of drug-likeness (QED) is 0.733. The molecule has 2 aliphatic heterocycles. The van der Waals surface area contributed by atoms with Crippen LogP contribution in [0.2, 0.25) is 0 Å². The van der Waals surface area contributed by atoms with Crippen molar-refractivity contribution in [3.8, 4) is 0 Å². The highest BCUT2D eigenvalue weighted by atomic mass is 16.1. The van der Waals surface area contributed by atoms with Crippen LogP contribution in [0.5, 0.6) is 0 Å². The van der Waals surface area contributed by atoms with E-state index in [2.05, 4.69) is 29.0 Å².